The summed E-state index contributed by atoms with van der Waals surface area (Å²) in [6, 6.07) is 18.0. The second-order valence-electron chi connectivity index (χ2n) is 6.61. The second kappa shape index (κ2) is 10.2. The number of nitrogens with zero attached hydrogens (tertiary/aromatic N) is 1. The Labute approximate surface area is 155 Å². The summed E-state index contributed by atoms with van der Waals surface area (Å²) < 4.78 is 0. The summed E-state index contributed by atoms with van der Waals surface area (Å²) >= 11 is 0. The number of benzene rings is 2. The number of amides is 1. The lowest BCUT2D eigenvalue weighted by atomic mass is 10.1. The van der Waals surface area contributed by atoms with Crippen molar-refractivity contribution in [1.29, 1.82) is 0 Å². The monoisotopic (exact) mass is 352 g/mol. The number of nitrogens with one attached hydrogen (secondary N) is 3. The molecule has 0 spiro atoms. The van der Waals surface area contributed by atoms with Crippen LogP contribution in [0.3, 0.4) is 0 Å². The minimum absolute atomic E-state index is 0.0467. The van der Waals surface area contributed by atoms with E-state index in [-0.39, 0.29) is 5.91 Å². The van der Waals surface area contributed by atoms with Gasteiger partial charge in [0.1, 0.15) is 0 Å². The predicted molar refractivity (Wildman–Crippen MR) is 108 cm³/mol. The molecule has 2 aromatic rings. The average molecular weight is 352 g/mol. The number of anilines is 1. The predicted octanol–water partition coefficient (Wildman–Crippen LogP) is 3.54. The van der Waals surface area contributed by atoms with Crippen molar-refractivity contribution in [2.75, 3.05) is 12.4 Å². The maximum absolute atomic E-state index is 11.9. The van der Waals surface area contributed by atoms with Gasteiger partial charge < -0.3 is 16.0 Å². The molecule has 2 aromatic carbocycles. The number of hydrogen-bond acceptors (Lipinski definition) is 2. The van der Waals surface area contributed by atoms with Crippen molar-refractivity contribution >= 4 is 17.6 Å². The van der Waals surface area contributed by atoms with Crippen molar-refractivity contribution in [3.63, 3.8) is 0 Å². The Morgan fingerprint density at radius 2 is 1.62 bits per heavy atom. The zero-order chi connectivity index (χ0) is 18.8. The van der Waals surface area contributed by atoms with E-state index in [1.54, 1.807) is 7.05 Å². The van der Waals surface area contributed by atoms with Crippen LogP contribution in [0.4, 0.5) is 5.69 Å². The normalized spacial score (nSPS) is 11.3. The van der Waals surface area contributed by atoms with Crippen LogP contribution in [-0.2, 0) is 17.9 Å². The SMILES string of the molecule is CN=C(NCc1ccccc1)NCc1cccc(NC(=O)CC(C)C)c1. The highest BCUT2D eigenvalue weighted by molar-refractivity contribution is 5.90. The molecule has 26 heavy (non-hydrogen) atoms. The highest BCUT2D eigenvalue weighted by atomic mass is 16.1. The lowest BCUT2D eigenvalue weighted by Gasteiger charge is -2.13. The zero-order valence-corrected chi connectivity index (χ0v) is 15.8. The molecule has 3 N–H and O–H groups in total. The lowest BCUT2D eigenvalue weighted by molar-refractivity contribution is -0.116. The third-order valence-electron chi connectivity index (χ3n) is 3.79. The Kier molecular flexibility index (Phi) is 7.68. The van der Waals surface area contributed by atoms with Crippen molar-refractivity contribution in [2.45, 2.75) is 33.4 Å². The van der Waals surface area contributed by atoms with E-state index >= 15 is 0 Å². The summed E-state index contributed by atoms with van der Waals surface area (Å²) in [5.41, 5.74) is 3.10. The number of carbonyl (C=O) groups excluding carboxylic acids is 1. The van der Waals surface area contributed by atoms with E-state index in [2.05, 4.69) is 33.1 Å². The molecule has 0 aliphatic rings. The van der Waals surface area contributed by atoms with E-state index in [1.165, 1.54) is 5.56 Å². The first kappa shape index (κ1) is 19.5. The Balaban J connectivity index is 1.85. The van der Waals surface area contributed by atoms with Gasteiger partial charge in [-0.1, -0.05) is 56.3 Å². The first-order chi connectivity index (χ1) is 12.6. The van der Waals surface area contributed by atoms with Crippen molar-refractivity contribution in [1.82, 2.24) is 10.6 Å². The van der Waals surface area contributed by atoms with Gasteiger partial charge in [0.15, 0.2) is 5.96 Å². The fraction of sp³-hybridized carbons (Fsp3) is 0.333. The van der Waals surface area contributed by atoms with Crippen LogP contribution in [0.2, 0.25) is 0 Å². The van der Waals surface area contributed by atoms with E-state index in [4.69, 9.17) is 0 Å². The van der Waals surface area contributed by atoms with Gasteiger partial charge in [0.2, 0.25) is 5.91 Å². The van der Waals surface area contributed by atoms with Crippen LogP contribution >= 0.6 is 0 Å². The van der Waals surface area contributed by atoms with Crippen molar-refractivity contribution in [2.24, 2.45) is 10.9 Å². The van der Waals surface area contributed by atoms with Crippen LogP contribution < -0.4 is 16.0 Å². The molecule has 0 saturated carbocycles. The zero-order valence-electron chi connectivity index (χ0n) is 15.8. The van der Waals surface area contributed by atoms with Gasteiger partial charge in [0.05, 0.1) is 0 Å². The first-order valence-electron chi connectivity index (χ1n) is 8.94. The molecule has 0 heterocycles. The molecular weight excluding hydrogens is 324 g/mol. The smallest absolute Gasteiger partial charge is 0.224 e. The van der Waals surface area contributed by atoms with Crippen molar-refractivity contribution < 1.29 is 4.79 Å². The summed E-state index contributed by atoms with van der Waals surface area (Å²) in [5, 5.41) is 9.54. The molecule has 0 aliphatic carbocycles. The standard InChI is InChI=1S/C21H28N4O/c1-16(2)12-20(26)25-19-11-7-10-18(13-19)15-24-21(22-3)23-14-17-8-5-4-6-9-17/h4-11,13,16H,12,14-15H2,1-3H3,(H,25,26)(H2,22,23,24). The van der Waals surface area contributed by atoms with E-state index in [0.29, 0.717) is 25.4 Å². The molecule has 0 atom stereocenters. The van der Waals surface area contributed by atoms with E-state index in [1.807, 2.05) is 56.3 Å². The van der Waals surface area contributed by atoms with Gasteiger partial charge in [-0.05, 0) is 29.2 Å². The maximum atomic E-state index is 11.9. The Bertz CT molecular complexity index is 726. The van der Waals surface area contributed by atoms with Gasteiger partial charge >= 0.3 is 0 Å². The molecule has 0 aliphatic heterocycles. The highest BCUT2D eigenvalue weighted by Gasteiger charge is 2.06. The Hall–Kier alpha value is -2.82. The molecular formula is C21H28N4O. The topological polar surface area (TPSA) is 65.5 Å². The van der Waals surface area contributed by atoms with E-state index in [9.17, 15) is 4.79 Å². The molecule has 0 unspecified atom stereocenters. The molecule has 138 valence electrons. The van der Waals surface area contributed by atoms with Gasteiger partial charge in [0, 0.05) is 32.2 Å². The van der Waals surface area contributed by atoms with Gasteiger partial charge in [-0.2, -0.15) is 0 Å². The number of rotatable bonds is 7. The van der Waals surface area contributed by atoms with Crippen LogP contribution in [0.15, 0.2) is 59.6 Å². The van der Waals surface area contributed by atoms with Gasteiger partial charge in [-0.3, -0.25) is 9.79 Å². The molecule has 5 heteroatoms. The van der Waals surface area contributed by atoms with Crippen LogP contribution in [0, 0.1) is 5.92 Å². The maximum Gasteiger partial charge on any atom is 0.224 e. The molecule has 0 bridgehead atoms. The Morgan fingerprint density at radius 1 is 0.962 bits per heavy atom. The van der Waals surface area contributed by atoms with Crippen molar-refractivity contribution in [3.05, 3.63) is 65.7 Å². The van der Waals surface area contributed by atoms with Crippen LogP contribution in [0.1, 0.15) is 31.4 Å². The third-order valence-corrected chi connectivity index (χ3v) is 3.79. The molecule has 0 fully saturated rings. The molecule has 0 radical (unpaired) electrons. The summed E-state index contributed by atoms with van der Waals surface area (Å²) in [6.45, 7) is 5.41. The van der Waals surface area contributed by atoms with Gasteiger partial charge in [-0.15, -0.1) is 0 Å². The largest absolute Gasteiger partial charge is 0.352 e. The number of guanidine groups is 1. The summed E-state index contributed by atoms with van der Waals surface area (Å²) in [5.74, 6) is 1.13. The molecule has 0 saturated heterocycles. The van der Waals surface area contributed by atoms with Gasteiger partial charge in [-0.25, -0.2) is 0 Å². The van der Waals surface area contributed by atoms with Crippen LogP contribution in [0.5, 0.6) is 0 Å². The van der Waals surface area contributed by atoms with E-state index in [0.717, 1.165) is 17.2 Å². The molecule has 0 aromatic heterocycles. The minimum atomic E-state index is 0.0467. The first-order valence-corrected chi connectivity index (χ1v) is 8.94. The molecule has 1 amide bonds. The van der Waals surface area contributed by atoms with Crippen LogP contribution in [0.25, 0.3) is 0 Å². The number of hydrogen-bond donors (Lipinski definition) is 3. The fourth-order valence-corrected chi connectivity index (χ4v) is 2.53. The van der Waals surface area contributed by atoms with Crippen LogP contribution in [-0.4, -0.2) is 18.9 Å². The molecule has 5 nitrogen and oxygen atoms in total. The Morgan fingerprint density at radius 3 is 2.27 bits per heavy atom. The lowest BCUT2D eigenvalue weighted by Crippen LogP contribution is -2.36. The summed E-state index contributed by atoms with van der Waals surface area (Å²) in [4.78, 5) is 16.2. The van der Waals surface area contributed by atoms with Crippen molar-refractivity contribution in [3.8, 4) is 0 Å². The average Bonchev–Trinajstić information content (AvgIpc) is 2.62. The van der Waals surface area contributed by atoms with E-state index < -0.39 is 0 Å². The molecule has 2 rings (SSSR count). The third kappa shape index (κ3) is 6.97. The minimum Gasteiger partial charge on any atom is -0.352 e. The summed E-state index contributed by atoms with van der Waals surface area (Å²) in [6.07, 6.45) is 0.526. The number of carbonyl (C=O) groups is 1. The second-order valence-corrected chi connectivity index (χ2v) is 6.61. The van der Waals surface area contributed by atoms with Gasteiger partial charge in [0.25, 0.3) is 0 Å². The number of aliphatic imine (C=N–C) groups is 1. The fourth-order valence-electron chi connectivity index (χ4n) is 2.53. The summed E-state index contributed by atoms with van der Waals surface area (Å²) in [7, 11) is 1.75. The highest BCUT2D eigenvalue weighted by Crippen LogP contribution is 2.12. The quantitative estimate of drug-likeness (QED) is 0.527.